The number of hydrogen-bond acceptors (Lipinski definition) is 5. The molecule has 0 saturated heterocycles. The number of pyridine rings is 1. The molecule has 5 nitrogen and oxygen atoms in total. The Morgan fingerprint density at radius 1 is 1.53 bits per heavy atom. The molecule has 0 saturated carbocycles. The molecule has 0 radical (unpaired) electrons. The molecule has 1 amide bonds. The van der Waals surface area contributed by atoms with Crippen molar-refractivity contribution < 1.29 is 4.79 Å². The molecule has 2 aromatic rings. The van der Waals surface area contributed by atoms with Crippen LogP contribution < -0.4 is 11.1 Å². The largest absolute Gasteiger partial charge is 0.376 e. The minimum absolute atomic E-state index is 0.0772. The topological polar surface area (TPSA) is 80.9 Å². The highest BCUT2D eigenvalue weighted by molar-refractivity contribution is 7.11. The van der Waals surface area contributed by atoms with E-state index >= 15 is 0 Å². The van der Waals surface area contributed by atoms with E-state index in [0.717, 1.165) is 17.1 Å². The maximum absolute atomic E-state index is 11.1. The van der Waals surface area contributed by atoms with Crippen molar-refractivity contribution in [2.24, 2.45) is 5.73 Å². The van der Waals surface area contributed by atoms with Crippen LogP contribution in [-0.2, 0) is 6.42 Å². The highest BCUT2D eigenvalue weighted by atomic mass is 32.1. The molecular weight excluding hydrogens is 260 g/mol. The number of primary amides is 1. The molecule has 2 rings (SSSR count). The van der Waals surface area contributed by atoms with Crippen LogP contribution in [0.3, 0.4) is 0 Å². The molecule has 1 atom stereocenters. The van der Waals surface area contributed by atoms with E-state index in [4.69, 9.17) is 5.73 Å². The van der Waals surface area contributed by atoms with Gasteiger partial charge in [-0.3, -0.25) is 9.78 Å². The molecule has 0 bridgehead atoms. The van der Waals surface area contributed by atoms with Gasteiger partial charge in [-0.1, -0.05) is 6.92 Å². The number of thiazole rings is 1. The van der Waals surface area contributed by atoms with Crippen molar-refractivity contribution in [3.05, 3.63) is 40.1 Å². The molecule has 2 aromatic heterocycles. The van der Waals surface area contributed by atoms with Crippen molar-refractivity contribution >= 4 is 22.9 Å². The summed E-state index contributed by atoms with van der Waals surface area (Å²) >= 11 is 1.69. The second-order valence-electron chi connectivity index (χ2n) is 4.18. The summed E-state index contributed by atoms with van der Waals surface area (Å²) in [6, 6.07) is 3.53. The van der Waals surface area contributed by atoms with Crippen molar-refractivity contribution in [3.8, 4) is 0 Å². The first-order valence-electron chi connectivity index (χ1n) is 6.07. The molecule has 0 fully saturated rings. The number of carbonyl (C=O) groups is 1. The molecule has 2 heterocycles. The standard InChI is InChI=1S/C13H16N4OS/c1-3-10-7-16-13(19-10)8(2)17-9-4-5-15-11(6-9)12(14)18/h4-8H,3H2,1-2H3,(H2,14,18)(H,15,17). The van der Waals surface area contributed by atoms with E-state index < -0.39 is 5.91 Å². The molecule has 100 valence electrons. The molecule has 19 heavy (non-hydrogen) atoms. The summed E-state index contributed by atoms with van der Waals surface area (Å²) < 4.78 is 0. The summed E-state index contributed by atoms with van der Waals surface area (Å²) in [5.74, 6) is -0.529. The van der Waals surface area contributed by atoms with Gasteiger partial charge in [0.05, 0.1) is 6.04 Å². The number of nitrogens with one attached hydrogen (secondary N) is 1. The summed E-state index contributed by atoms with van der Waals surface area (Å²) in [5.41, 5.74) is 6.27. The van der Waals surface area contributed by atoms with Crippen LogP contribution in [-0.4, -0.2) is 15.9 Å². The number of nitrogens with two attached hydrogens (primary N) is 1. The van der Waals surface area contributed by atoms with Gasteiger partial charge in [-0.2, -0.15) is 0 Å². The van der Waals surface area contributed by atoms with Crippen LogP contribution in [0.15, 0.2) is 24.5 Å². The molecule has 6 heteroatoms. The Balaban J connectivity index is 2.12. The number of carbonyl (C=O) groups excluding carboxylic acids is 1. The number of nitrogens with zero attached hydrogens (tertiary/aromatic N) is 2. The maximum Gasteiger partial charge on any atom is 0.267 e. The molecule has 0 aliphatic heterocycles. The third-order valence-electron chi connectivity index (χ3n) is 2.69. The lowest BCUT2D eigenvalue weighted by molar-refractivity contribution is 0.0995. The average Bonchev–Trinajstić information content (AvgIpc) is 2.88. The number of aromatic nitrogens is 2. The van der Waals surface area contributed by atoms with E-state index in [2.05, 4.69) is 22.2 Å². The van der Waals surface area contributed by atoms with Crippen molar-refractivity contribution in [2.75, 3.05) is 5.32 Å². The van der Waals surface area contributed by atoms with E-state index in [-0.39, 0.29) is 11.7 Å². The van der Waals surface area contributed by atoms with E-state index in [0.29, 0.717) is 0 Å². The SMILES string of the molecule is CCc1cnc(C(C)Nc2ccnc(C(N)=O)c2)s1. The first-order chi connectivity index (χ1) is 9.10. The third kappa shape index (κ3) is 3.29. The van der Waals surface area contributed by atoms with Gasteiger partial charge in [0.15, 0.2) is 0 Å². The number of amides is 1. The quantitative estimate of drug-likeness (QED) is 0.878. The van der Waals surface area contributed by atoms with Crippen LogP contribution in [0.2, 0.25) is 0 Å². The van der Waals surface area contributed by atoms with Crippen LogP contribution in [0.5, 0.6) is 0 Å². The zero-order valence-electron chi connectivity index (χ0n) is 10.9. The van der Waals surface area contributed by atoms with Crippen LogP contribution in [0.1, 0.15) is 40.3 Å². The number of anilines is 1. The molecule has 0 aliphatic carbocycles. The lowest BCUT2D eigenvalue weighted by atomic mass is 10.2. The molecule has 0 spiro atoms. The Kier molecular flexibility index (Phi) is 4.11. The van der Waals surface area contributed by atoms with Gasteiger partial charge in [-0.05, 0) is 25.5 Å². The van der Waals surface area contributed by atoms with Crippen molar-refractivity contribution in [2.45, 2.75) is 26.3 Å². The Hall–Kier alpha value is -1.95. The van der Waals surface area contributed by atoms with Gasteiger partial charge in [-0.15, -0.1) is 11.3 Å². The van der Waals surface area contributed by atoms with E-state index in [1.54, 1.807) is 29.7 Å². The number of hydrogen-bond donors (Lipinski definition) is 2. The van der Waals surface area contributed by atoms with Crippen LogP contribution in [0.25, 0.3) is 0 Å². The predicted molar refractivity (Wildman–Crippen MR) is 76.3 cm³/mol. The van der Waals surface area contributed by atoms with E-state index in [1.807, 2.05) is 13.1 Å². The summed E-state index contributed by atoms with van der Waals surface area (Å²) in [7, 11) is 0. The van der Waals surface area contributed by atoms with E-state index in [9.17, 15) is 4.79 Å². The summed E-state index contributed by atoms with van der Waals surface area (Å²) in [4.78, 5) is 20.6. The van der Waals surface area contributed by atoms with Gasteiger partial charge >= 0.3 is 0 Å². The van der Waals surface area contributed by atoms with Crippen molar-refractivity contribution in [1.82, 2.24) is 9.97 Å². The number of rotatable bonds is 5. The Labute approximate surface area is 115 Å². The van der Waals surface area contributed by atoms with Crippen LogP contribution >= 0.6 is 11.3 Å². The highest BCUT2D eigenvalue weighted by Crippen LogP contribution is 2.23. The second kappa shape index (κ2) is 5.79. The normalized spacial score (nSPS) is 12.1. The summed E-state index contributed by atoms with van der Waals surface area (Å²) in [6.07, 6.45) is 4.46. The Bertz CT molecular complexity index is 582. The van der Waals surface area contributed by atoms with Gasteiger partial charge in [0.2, 0.25) is 0 Å². The Morgan fingerprint density at radius 2 is 2.32 bits per heavy atom. The average molecular weight is 276 g/mol. The Morgan fingerprint density at radius 3 is 2.95 bits per heavy atom. The first-order valence-corrected chi connectivity index (χ1v) is 6.88. The fraction of sp³-hybridized carbons (Fsp3) is 0.308. The van der Waals surface area contributed by atoms with Gasteiger partial charge in [0.25, 0.3) is 5.91 Å². The lowest BCUT2D eigenvalue weighted by Gasteiger charge is -2.12. The molecule has 0 aliphatic rings. The lowest BCUT2D eigenvalue weighted by Crippen LogP contribution is -2.14. The first kappa shape index (κ1) is 13.5. The monoisotopic (exact) mass is 276 g/mol. The predicted octanol–water partition coefficient (Wildman–Crippen LogP) is 2.37. The maximum atomic E-state index is 11.1. The molecule has 1 unspecified atom stereocenters. The molecular formula is C13H16N4OS. The number of aryl methyl sites for hydroxylation is 1. The zero-order chi connectivity index (χ0) is 13.8. The zero-order valence-corrected chi connectivity index (χ0v) is 11.7. The van der Waals surface area contributed by atoms with Crippen LogP contribution in [0, 0.1) is 0 Å². The minimum atomic E-state index is -0.529. The van der Waals surface area contributed by atoms with Crippen molar-refractivity contribution in [1.29, 1.82) is 0 Å². The smallest absolute Gasteiger partial charge is 0.267 e. The third-order valence-corrected chi connectivity index (χ3v) is 4.01. The second-order valence-corrected chi connectivity index (χ2v) is 5.33. The van der Waals surface area contributed by atoms with E-state index in [1.165, 1.54) is 4.88 Å². The summed E-state index contributed by atoms with van der Waals surface area (Å²) in [5, 5.41) is 4.31. The molecule has 0 aromatic carbocycles. The fourth-order valence-electron chi connectivity index (χ4n) is 1.65. The highest BCUT2D eigenvalue weighted by Gasteiger charge is 2.11. The van der Waals surface area contributed by atoms with Crippen LogP contribution in [0.4, 0.5) is 5.69 Å². The summed E-state index contributed by atoms with van der Waals surface area (Å²) in [6.45, 7) is 4.14. The van der Waals surface area contributed by atoms with Crippen molar-refractivity contribution in [3.63, 3.8) is 0 Å². The van der Waals surface area contributed by atoms with Gasteiger partial charge in [0.1, 0.15) is 10.7 Å². The minimum Gasteiger partial charge on any atom is -0.376 e. The molecule has 3 N–H and O–H groups in total. The fourth-order valence-corrected chi connectivity index (χ4v) is 2.51. The van der Waals surface area contributed by atoms with Gasteiger partial charge < -0.3 is 11.1 Å². The van der Waals surface area contributed by atoms with Gasteiger partial charge in [0, 0.05) is 23.0 Å². The van der Waals surface area contributed by atoms with Gasteiger partial charge in [-0.25, -0.2) is 4.98 Å².